The molecule has 5 heteroatoms. The van der Waals surface area contributed by atoms with Gasteiger partial charge in [0.15, 0.2) is 5.96 Å². The average Bonchev–Trinajstić information content (AvgIpc) is 2.38. The van der Waals surface area contributed by atoms with Crippen LogP contribution in [0.15, 0.2) is 23.2 Å². The van der Waals surface area contributed by atoms with Crippen molar-refractivity contribution in [2.24, 2.45) is 10.7 Å². The van der Waals surface area contributed by atoms with Crippen molar-refractivity contribution in [1.29, 1.82) is 0 Å². The van der Waals surface area contributed by atoms with Crippen molar-refractivity contribution >= 4 is 5.96 Å². The van der Waals surface area contributed by atoms with Crippen LogP contribution >= 0.6 is 0 Å². The molecule has 0 spiro atoms. The number of likely N-dealkylation sites (tertiary alicyclic amines) is 1. The van der Waals surface area contributed by atoms with Gasteiger partial charge in [-0.05, 0) is 43.4 Å². The van der Waals surface area contributed by atoms with Crippen molar-refractivity contribution in [2.75, 3.05) is 19.6 Å². The summed E-state index contributed by atoms with van der Waals surface area (Å²) >= 11 is 0. The Bertz CT molecular complexity index is 434. The first-order valence-corrected chi connectivity index (χ1v) is 6.65. The van der Waals surface area contributed by atoms with Gasteiger partial charge >= 0.3 is 0 Å². The van der Waals surface area contributed by atoms with E-state index in [2.05, 4.69) is 9.89 Å². The maximum atomic E-state index is 13.0. The lowest BCUT2D eigenvalue weighted by atomic mass is 10.1. The molecule has 0 radical (unpaired) electrons. The maximum absolute atomic E-state index is 13.0. The van der Waals surface area contributed by atoms with E-state index in [0.717, 1.165) is 32.0 Å². The molecule has 1 aromatic rings. The Morgan fingerprint density at radius 1 is 1.11 bits per heavy atom. The molecule has 0 atom stereocenters. The summed E-state index contributed by atoms with van der Waals surface area (Å²) in [5.74, 6) is -0.567. The number of hydrogen-bond donors (Lipinski definition) is 1. The van der Waals surface area contributed by atoms with Crippen LogP contribution in [0.3, 0.4) is 0 Å². The normalized spacial score (nSPS) is 16.7. The molecule has 1 heterocycles. The highest BCUT2D eigenvalue weighted by Crippen LogP contribution is 2.10. The molecular weight excluding hydrogens is 248 g/mol. The van der Waals surface area contributed by atoms with Crippen molar-refractivity contribution in [3.63, 3.8) is 0 Å². The van der Waals surface area contributed by atoms with Crippen LogP contribution in [-0.2, 0) is 6.42 Å². The highest BCUT2D eigenvalue weighted by atomic mass is 19.1. The molecule has 1 saturated heterocycles. The van der Waals surface area contributed by atoms with E-state index in [1.54, 1.807) is 0 Å². The van der Waals surface area contributed by atoms with E-state index in [0.29, 0.717) is 24.5 Å². The molecule has 0 aromatic heterocycles. The lowest BCUT2D eigenvalue weighted by Gasteiger charge is -2.27. The molecule has 1 aromatic carbocycles. The van der Waals surface area contributed by atoms with Crippen LogP contribution < -0.4 is 5.73 Å². The van der Waals surface area contributed by atoms with Crippen LogP contribution in [0.25, 0.3) is 0 Å². The van der Waals surface area contributed by atoms with E-state index < -0.39 is 11.6 Å². The Balaban J connectivity index is 1.87. The smallest absolute Gasteiger partial charge is 0.191 e. The lowest BCUT2D eigenvalue weighted by molar-refractivity contribution is 0.338. The molecule has 0 unspecified atom stereocenters. The fourth-order valence-corrected chi connectivity index (χ4v) is 2.28. The Morgan fingerprint density at radius 3 is 2.37 bits per heavy atom. The number of guanidine groups is 1. The number of benzene rings is 1. The van der Waals surface area contributed by atoms with Gasteiger partial charge in [0.25, 0.3) is 0 Å². The number of rotatable bonds is 3. The van der Waals surface area contributed by atoms with E-state index in [1.807, 2.05) is 0 Å². The predicted molar refractivity (Wildman–Crippen MR) is 72.0 cm³/mol. The van der Waals surface area contributed by atoms with E-state index in [4.69, 9.17) is 5.73 Å². The first-order valence-electron chi connectivity index (χ1n) is 6.65. The van der Waals surface area contributed by atoms with E-state index in [9.17, 15) is 8.78 Å². The van der Waals surface area contributed by atoms with Crippen LogP contribution in [0, 0.1) is 11.6 Å². The number of aliphatic imine (C=N–C) groups is 1. The third kappa shape index (κ3) is 4.19. The summed E-state index contributed by atoms with van der Waals surface area (Å²) in [6, 6.07) is 3.53. The molecule has 2 rings (SSSR count). The second kappa shape index (κ2) is 6.50. The van der Waals surface area contributed by atoms with Crippen molar-refractivity contribution < 1.29 is 8.78 Å². The van der Waals surface area contributed by atoms with E-state index in [1.165, 1.54) is 18.6 Å². The predicted octanol–water partition coefficient (Wildman–Crippen LogP) is 2.31. The molecule has 0 amide bonds. The first-order chi connectivity index (χ1) is 9.15. The van der Waals surface area contributed by atoms with Crippen molar-refractivity contribution in [2.45, 2.75) is 25.7 Å². The standard InChI is InChI=1S/C14H19F2N3/c15-12-8-11(9-13(16)10-12)4-5-18-14(17)19-6-2-1-3-7-19/h8-10H,1-7H2,(H2,17,18). The average molecular weight is 267 g/mol. The summed E-state index contributed by atoms with van der Waals surface area (Å²) in [7, 11) is 0. The minimum atomic E-state index is -0.553. The molecule has 0 aliphatic carbocycles. The fraction of sp³-hybridized carbons (Fsp3) is 0.500. The van der Waals surface area contributed by atoms with Gasteiger partial charge in [0.2, 0.25) is 0 Å². The van der Waals surface area contributed by atoms with Gasteiger partial charge in [0.05, 0.1) is 0 Å². The van der Waals surface area contributed by atoms with Crippen LogP contribution in [0.5, 0.6) is 0 Å². The van der Waals surface area contributed by atoms with Gasteiger partial charge in [-0.3, -0.25) is 4.99 Å². The second-order valence-corrected chi connectivity index (χ2v) is 4.82. The van der Waals surface area contributed by atoms with Crippen molar-refractivity contribution in [1.82, 2.24) is 4.90 Å². The first kappa shape index (κ1) is 13.8. The fourth-order valence-electron chi connectivity index (χ4n) is 2.28. The van der Waals surface area contributed by atoms with E-state index >= 15 is 0 Å². The molecule has 1 aliphatic rings. The second-order valence-electron chi connectivity index (χ2n) is 4.82. The highest BCUT2D eigenvalue weighted by molar-refractivity contribution is 5.78. The molecular formula is C14H19F2N3. The third-order valence-corrected chi connectivity index (χ3v) is 3.28. The van der Waals surface area contributed by atoms with Crippen LogP contribution in [0.1, 0.15) is 24.8 Å². The summed E-state index contributed by atoms with van der Waals surface area (Å²) in [5, 5.41) is 0. The Kier molecular flexibility index (Phi) is 4.71. The molecule has 1 fully saturated rings. The van der Waals surface area contributed by atoms with Crippen LogP contribution in [0.4, 0.5) is 8.78 Å². The maximum Gasteiger partial charge on any atom is 0.191 e. The van der Waals surface area contributed by atoms with Gasteiger partial charge < -0.3 is 10.6 Å². The molecule has 104 valence electrons. The quantitative estimate of drug-likeness (QED) is 0.674. The molecule has 19 heavy (non-hydrogen) atoms. The third-order valence-electron chi connectivity index (χ3n) is 3.28. The minimum Gasteiger partial charge on any atom is -0.370 e. The summed E-state index contributed by atoms with van der Waals surface area (Å²) in [5.41, 5.74) is 6.50. The number of piperidine rings is 1. The van der Waals surface area contributed by atoms with Gasteiger partial charge in [-0.2, -0.15) is 0 Å². The van der Waals surface area contributed by atoms with Gasteiger partial charge in [-0.1, -0.05) is 0 Å². The molecule has 0 saturated carbocycles. The topological polar surface area (TPSA) is 41.6 Å². The lowest BCUT2D eigenvalue weighted by Crippen LogP contribution is -2.41. The van der Waals surface area contributed by atoms with Gasteiger partial charge in [-0.15, -0.1) is 0 Å². The number of hydrogen-bond acceptors (Lipinski definition) is 1. The molecule has 2 N–H and O–H groups in total. The molecule has 1 aliphatic heterocycles. The zero-order chi connectivity index (χ0) is 13.7. The molecule has 0 bridgehead atoms. The number of nitrogens with two attached hydrogens (primary N) is 1. The van der Waals surface area contributed by atoms with Gasteiger partial charge in [-0.25, -0.2) is 8.78 Å². The van der Waals surface area contributed by atoms with Crippen LogP contribution in [0.2, 0.25) is 0 Å². The van der Waals surface area contributed by atoms with Crippen molar-refractivity contribution in [3.8, 4) is 0 Å². The summed E-state index contributed by atoms with van der Waals surface area (Å²) in [4.78, 5) is 6.34. The van der Waals surface area contributed by atoms with Gasteiger partial charge in [0, 0.05) is 25.7 Å². The largest absolute Gasteiger partial charge is 0.370 e. The summed E-state index contributed by atoms with van der Waals surface area (Å²) in [6.45, 7) is 2.35. The zero-order valence-corrected chi connectivity index (χ0v) is 10.9. The number of halogens is 2. The SMILES string of the molecule is NC(=NCCc1cc(F)cc(F)c1)N1CCCCC1. The zero-order valence-electron chi connectivity index (χ0n) is 10.9. The Hall–Kier alpha value is -1.65. The van der Waals surface area contributed by atoms with Crippen LogP contribution in [-0.4, -0.2) is 30.5 Å². The minimum absolute atomic E-state index is 0.450. The Labute approximate surface area is 112 Å². The summed E-state index contributed by atoms with van der Waals surface area (Å²) in [6.07, 6.45) is 4.02. The monoisotopic (exact) mass is 267 g/mol. The highest BCUT2D eigenvalue weighted by Gasteiger charge is 2.11. The van der Waals surface area contributed by atoms with E-state index in [-0.39, 0.29) is 0 Å². The molecule has 3 nitrogen and oxygen atoms in total. The van der Waals surface area contributed by atoms with Crippen molar-refractivity contribution in [3.05, 3.63) is 35.4 Å². The number of nitrogens with zero attached hydrogens (tertiary/aromatic N) is 2. The summed E-state index contributed by atoms with van der Waals surface area (Å²) < 4.78 is 26.0. The Morgan fingerprint density at radius 2 is 1.74 bits per heavy atom. The van der Waals surface area contributed by atoms with Gasteiger partial charge in [0.1, 0.15) is 11.6 Å².